The van der Waals surface area contributed by atoms with Crippen LogP contribution in [0.3, 0.4) is 0 Å². The first-order chi connectivity index (χ1) is 10.1. The number of piperidine rings is 1. The number of hydrogen-bond donors (Lipinski definition) is 1. The fourth-order valence-electron chi connectivity index (χ4n) is 2.38. The van der Waals surface area contributed by atoms with E-state index in [0.29, 0.717) is 9.38 Å². The molecule has 110 valence electrons. The van der Waals surface area contributed by atoms with Crippen molar-refractivity contribution in [2.75, 3.05) is 13.1 Å². The minimum Gasteiger partial charge on any atom is -0.507 e. The predicted molar refractivity (Wildman–Crippen MR) is 89.2 cm³/mol. The maximum atomic E-state index is 12.0. The number of nitrogens with zero attached hydrogens (tertiary/aromatic N) is 2. The molecule has 0 spiro atoms. The molecule has 0 radical (unpaired) electrons. The highest BCUT2D eigenvalue weighted by Gasteiger charge is 2.26. The number of carbonyl (C=O) groups excluding carboxylic acids is 1. The van der Waals surface area contributed by atoms with Crippen LogP contribution in [0.25, 0.3) is 6.08 Å². The molecule has 2 aliphatic heterocycles. The minimum atomic E-state index is -0.176. The molecule has 1 N–H and O–H groups in total. The number of aliphatic imine (C=N–C) groups is 1. The number of hydrogen-bond acceptors (Lipinski definition) is 4. The van der Waals surface area contributed by atoms with E-state index >= 15 is 0 Å². The van der Waals surface area contributed by atoms with Gasteiger partial charge in [-0.25, -0.2) is 0 Å². The predicted octanol–water partition coefficient (Wildman–Crippen LogP) is 3.61. The quantitative estimate of drug-likeness (QED) is 0.771. The van der Waals surface area contributed by atoms with Gasteiger partial charge in [0.1, 0.15) is 5.75 Å². The average Bonchev–Trinajstić information content (AvgIpc) is 2.85. The van der Waals surface area contributed by atoms with Crippen LogP contribution in [-0.4, -0.2) is 34.2 Å². The lowest BCUT2D eigenvalue weighted by Gasteiger charge is -2.27. The molecule has 4 nitrogen and oxygen atoms in total. The van der Waals surface area contributed by atoms with Gasteiger partial charge in [0.15, 0.2) is 5.17 Å². The number of phenols is 1. The Morgan fingerprint density at radius 3 is 2.76 bits per heavy atom. The largest absolute Gasteiger partial charge is 0.507 e. The summed E-state index contributed by atoms with van der Waals surface area (Å²) in [5.41, 5.74) is 0.866. The number of likely N-dealkylation sites (tertiary alicyclic amines) is 1. The maximum absolute atomic E-state index is 12.0. The molecular formula is C15H15BrN2O2S. The van der Waals surface area contributed by atoms with E-state index in [2.05, 4.69) is 25.8 Å². The molecule has 0 bridgehead atoms. The van der Waals surface area contributed by atoms with Crippen molar-refractivity contribution in [3.05, 3.63) is 33.1 Å². The number of aromatic hydroxyl groups is 1. The van der Waals surface area contributed by atoms with Crippen molar-refractivity contribution in [2.24, 2.45) is 4.99 Å². The maximum Gasteiger partial charge on any atom is 0.286 e. The van der Waals surface area contributed by atoms with E-state index in [1.807, 2.05) is 6.08 Å². The summed E-state index contributed by atoms with van der Waals surface area (Å²) >= 11 is 4.72. The molecule has 0 aliphatic carbocycles. The number of halogens is 1. The summed E-state index contributed by atoms with van der Waals surface area (Å²) in [6, 6.07) is 5.17. The molecule has 2 heterocycles. The van der Waals surface area contributed by atoms with Crippen LogP contribution in [0.1, 0.15) is 24.8 Å². The van der Waals surface area contributed by atoms with Gasteiger partial charge in [-0.15, -0.1) is 0 Å². The number of amides is 1. The Kier molecular flexibility index (Phi) is 4.35. The van der Waals surface area contributed by atoms with Crippen LogP contribution < -0.4 is 0 Å². The van der Waals surface area contributed by atoms with E-state index in [0.717, 1.165) is 36.7 Å². The summed E-state index contributed by atoms with van der Waals surface area (Å²) in [7, 11) is 0. The Hall–Kier alpha value is -1.27. The van der Waals surface area contributed by atoms with Gasteiger partial charge in [0.05, 0.1) is 9.38 Å². The molecule has 0 unspecified atom stereocenters. The lowest BCUT2D eigenvalue weighted by Crippen LogP contribution is -2.33. The standard InChI is InChI=1S/C15H15BrN2O2S/c16-11-8-10(4-5-12(11)19)9-13-14(20)17-15(21-13)18-6-2-1-3-7-18/h4-5,8-9,19H,1-3,6-7H2. The molecule has 6 heteroatoms. The molecule has 21 heavy (non-hydrogen) atoms. The van der Waals surface area contributed by atoms with Crippen molar-refractivity contribution in [1.29, 1.82) is 0 Å². The Bertz CT molecular complexity index is 637. The highest BCUT2D eigenvalue weighted by molar-refractivity contribution is 9.10. The molecule has 0 saturated carbocycles. The topological polar surface area (TPSA) is 52.9 Å². The van der Waals surface area contributed by atoms with Gasteiger partial charge in [0, 0.05) is 13.1 Å². The molecule has 1 aromatic carbocycles. The van der Waals surface area contributed by atoms with Gasteiger partial charge in [-0.05, 0) is 70.7 Å². The van der Waals surface area contributed by atoms with Crippen LogP contribution in [0.5, 0.6) is 5.75 Å². The number of phenolic OH excluding ortho intramolecular Hbond substituents is 1. The van der Waals surface area contributed by atoms with Crippen molar-refractivity contribution in [2.45, 2.75) is 19.3 Å². The number of thioether (sulfide) groups is 1. The first-order valence-corrected chi connectivity index (χ1v) is 8.50. The van der Waals surface area contributed by atoms with Crippen molar-refractivity contribution in [3.8, 4) is 5.75 Å². The molecular weight excluding hydrogens is 352 g/mol. The molecule has 1 saturated heterocycles. The number of carbonyl (C=O) groups is 1. The number of amidine groups is 1. The zero-order valence-corrected chi connectivity index (χ0v) is 13.8. The van der Waals surface area contributed by atoms with Crippen LogP contribution in [0.4, 0.5) is 0 Å². The second kappa shape index (κ2) is 6.23. The van der Waals surface area contributed by atoms with Gasteiger partial charge in [0.25, 0.3) is 5.91 Å². The van der Waals surface area contributed by atoms with Gasteiger partial charge in [-0.3, -0.25) is 4.79 Å². The molecule has 1 amide bonds. The summed E-state index contributed by atoms with van der Waals surface area (Å²) < 4.78 is 0.615. The Labute approximate surface area is 136 Å². The SMILES string of the molecule is O=C1N=C(N2CCCCC2)SC1=Cc1ccc(O)c(Br)c1. The summed E-state index contributed by atoms with van der Waals surface area (Å²) in [6.07, 6.45) is 5.40. The molecule has 2 aliphatic rings. The van der Waals surface area contributed by atoms with E-state index < -0.39 is 0 Å². The third-order valence-electron chi connectivity index (χ3n) is 3.51. The molecule has 0 aromatic heterocycles. The molecule has 0 atom stereocenters. The summed E-state index contributed by atoms with van der Waals surface area (Å²) in [4.78, 5) is 19.0. The minimum absolute atomic E-state index is 0.176. The third-order valence-corrected chi connectivity index (χ3v) is 5.18. The monoisotopic (exact) mass is 366 g/mol. The van der Waals surface area contributed by atoms with Crippen LogP contribution in [0.2, 0.25) is 0 Å². The fourth-order valence-corrected chi connectivity index (χ4v) is 3.74. The van der Waals surface area contributed by atoms with Crippen LogP contribution in [-0.2, 0) is 4.79 Å². The second-order valence-corrected chi connectivity index (χ2v) is 6.93. The summed E-state index contributed by atoms with van der Waals surface area (Å²) in [5.74, 6) is 0.0116. The zero-order valence-electron chi connectivity index (χ0n) is 11.4. The Morgan fingerprint density at radius 1 is 1.29 bits per heavy atom. The van der Waals surface area contributed by atoms with E-state index in [9.17, 15) is 9.90 Å². The van der Waals surface area contributed by atoms with Crippen LogP contribution in [0, 0.1) is 0 Å². The van der Waals surface area contributed by atoms with E-state index in [1.165, 1.54) is 18.2 Å². The van der Waals surface area contributed by atoms with Gasteiger partial charge >= 0.3 is 0 Å². The van der Waals surface area contributed by atoms with E-state index in [1.54, 1.807) is 18.2 Å². The average molecular weight is 367 g/mol. The van der Waals surface area contributed by atoms with Crippen molar-refractivity contribution in [3.63, 3.8) is 0 Å². The Balaban J connectivity index is 1.77. The zero-order chi connectivity index (χ0) is 14.8. The van der Waals surface area contributed by atoms with Crippen molar-refractivity contribution >= 4 is 44.8 Å². The smallest absolute Gasteiger partial charge is 0.286 e. The lowest BCUT2D eigenvalue weighted by atomic mass is 10.1. The third kappa shape index (κ3) is 3.32. The van der Waals surface area contributed by atoms with Crippen LogP contribution >= 0.6 is 27.7 Å². The molecule has 1 aromatic rings. The van der Waals surface area contributed by atoms with Crippen molar-refractivity contribution in [1.82, 2.24) is 4.90 Å². The van der Waals surface area contributed by atoms with Gasteiger partial charge in [-0.1, -0.05) is 6.07 Å². The number of rotatable bonds is 1. The van der Waals surface area contributed by atoms with Crippen molar-refractivity contribution < 1.29 is 9.90 Å². The highest BCUT2D eigenvalue weighted by Crippen LogP contribution is 2.32. The fraction of sp³-hybridized carbons (Fsp3) is 0.333. The highest BCUT2D eigenvalue weighted by atomic mass is 79.9. The lowest BCUT2D eigenvalue weighted by molar-refractivity contribution is -0.113. The normalized spacial score (nSPS) is 21.0. The first kappa shape index (κ1) is 14.7. The van der Waals surface area contributed by atoms with Crippen LogP contribution in [0.15, 0.2) is 32.6 Å². The van der Waals surface area contributed by atoms with Gasteiger partial charge in [-0.2, -0.15) is 4.99 Å². The summed E-state index contributed by atoms with van der Waals surface area (Å²) in [6.45, 7) is 1.97. The molecule has 3 rings (SSSR count). The van der Waals surface area contributed by atoms with Gasteiger partial charge < -0.3 is 10.0 Å². The second-order valence-electron chi connectivity index (χ2n) is 5.07. The van der Waals surface area contributed by atoms with E-state index in [4.69, 9.17) is 0 Å². The van der Waals surface area contributed by atoms with Gasteiger partial charge in [0.2, 0.25) is 0 Å². The summed E-state index contributed by atoms with van der Waals surface area (Å²) in [5, 5.41) is 10.3. The first-order valence-electron chi connectivity index (χ1n) is 6.89. The van der Waals surface area contributed by atoms with E-state index in [-0.39, 0.29) is 11.7 Å². The Morgan fingerprint density at radius 2 is 2.05 bits per heavy atom. The number of benzene rings is 1. The molecule has 1 fully saturated rings.